The van der Waals surface area contributed by atoms with Gasteiger partial charge in [0.25, 0.3) is 0 Å². The van der Waals surface area contributed by atoms with Crippen LogP contribution in [0.25, 0.3) is 0 Å². The second kappa shape index (κ2) is 5.52. The van der Waals surface area contributed by atoms with E-state index in [-0.39, 0.29) is 13.2 Å². The van der Waals surface area contributed by atoms with Gasteiger partial charge < -0.3 is 14.6 Å². The highest BCUT2D eigenvalue weighted by atomic mass is 32.2. The van der Waals surface area contributed by atoms with Crippen molar-refractivity contribution in [2.45, 2.75) is 67.4 Å². The highest BCUT2D eigenvalue weighted by Gasteiger charge is 2.77. The third-order valence-electron chi connectivity index (χ3n) is 5.49. The number of aliphatic hydroxyl groups is 1. The third-order valence-corrected chi connectivity index (χ3v) is 7.18. The molecule has 0 radical (unpaired) electrons. The molecule has 2 heterocycles. The normalized spacial score (nSPS) is 39.4. The molecular formula is C15H21F3O4S. The SMILES string of the molecule is CCOC(=O)[C@@H]1S[C@]2(C(F)(F)F)C[C@@]1(O)C1(CCCCC1)CO2. The Kier molecular flexibility index (Phi) is 4.17. The first-order valence-electron chi connectivity index (χ1n) is 7.97. The van der Waals surface area contributed by atoms with Crippen LogP contribution < -0.4 is 0 Å². The second-order valence-electron chi connectivity index (χ2n) is 6.73. The van der Waals surface area contributed by atoms with E-state index >= 15 is 0 Å². The zero-order chi connectivity index (χ0) is 16.9. The number of fused-ring (bicyclic) bond motifs is 3. The van der Waals surface area contributed by atoms with Gasteiger partial charge in [0, 0.05) is 11.8 Å². The van der Waals surface area contributed by atoms with E-state index in [4.69, 9.17) is 9.47 Å². The molecule has 0 aromatic rings. The summed E-state index contributed by atoms with van der Waals surface area (Å²) in [6, 6.07) is 0. The van der Waals surface area contributed by atoms with Crippen molar-refractivity contribution >= 4 is 17.7 Å². The number of rotatable bonds is 2. The molecule has 2 aliphatic heterocycles. The highest BCUT2D eigenvalue weighted by Crippen LogP contribution is 2.67. The Labute approximate surface area is 137 Å². The molecule has 1 N–H and O–H groups in total. The maximum absolute atomic E-state index is 13.6. The summed E-state index contributed by atoms with van der Waals surface area (Å²) in [5.74, 6) is -0.776. The Balaban J connectivity index is 2.01. The number of halogens is 3. The molecule has 3 fully saturated rings. The van der Waals surface area contributed by atoms with Crippen molar-refractivity contribution in [1.29, 1.82) is 0 Å². The average molecular weight is 354 g/mol. The molecule has 23 heavy (non-hydrogen) atoms. The third kappa shape index (κ3) is 2.40. The largest absolute Gasteiger partial charge is 0.465 e. The zero-order valence-corrected chi connectivity index (χ0v) is 13.8. The first kappa shape index (κ1) is 17.4. The van der Waals surface area contributed by atoms with Gasteiger partial charge in [0.2, 0.25) is 4.93 Å². The van der Waals surface area contributed by atoms with Crippen LogP contribution in [0, 0.1) is 5.41 Å². The Morgan fingerprint density at radius 2 is 2.00 bits per heavy atom. The minimum absolute atomic E-state index is 0.0683. The van der Waals surface area contributed by atoms with Crippen LogP contribution >= 0.6 is 11.8 Å². The minimum atomic E-state index is -4.65. The van der Waals surface area contributed by atoms with Crippen molar-refractivity contribution in [2.75, 3.05) is 13.2 Å². The van der Waals surface area contributed by atoms with E-state index in [1.807, 2.05) is 0 Å². The number of carbonyl (C=O) groups is 1. The molecule has 1 aliphatic carbocycles. The summed E-state index contributed by atoms with van der Waals surface area (Å²) < 4.78 is 50.9. The van der Waals surface area contributed by atoms with Crippen LogP contribution in [0.1, 0.15) is 45.4 Å². The van der Waals surface area contributed by atoms with Crippen molar-refractivity contribution < 1.29 is 32.5 Å². The number of esters is 1. The molecule has 0 unspecified atom stereocenters. The Morgan fingerprint density at radius 3 is 2.57 bits per heavy atom. The average Bonchev–Trinajstić information content (AvgIpc) is 2.77. The van der Waals surface area contributed by atoms with E-state index in [1.165, 1.54) is 0 Å². The van der Waals surface area contributed by atoms with Crippen LogP contribution in [0.15, 0.2) is 0 Å². The number of hydrogen-bond acceptors (Lipinski definition) is 5. The molecule has 2 saturated heterocycles. The highest BCUT2D eigenvalue weighted by molar-refractivity contribution is 8.02. The lowest BCUT2D eigenvalue weighted by Crippen LogP contribution is -2.63. The summed E-state index contributed by atoms with van der Waals surface area (Å²) in [6.07, 6.45) is -1.46. The van der Waals surface area contributed by atoms with Gasteiger partial charge in [0.05, 0.1) is 18.8 Å². The van der Waals surface area contributed by atoms with Crippen LogP contribution in [0.5, 0.6) is 0 Å². The van der Waals surface area contributed by atoms with Gasteiger partial charge in [-0.25, -0.2) is 0 Å². The van der Waals surface area contributed by atoms with Gasteiger partial charge in [-0.3, -0.25) is 4.79 Å². The maximum atomic E-state index is 13.6. The number of alkyl halides is 3. The summed E-state index contributed by atoms with van der Waals surface area (Å²) in [5.41, 5.74) is -2.53. The van der Waals surface area contributed by atoms with Gasteiger partial charge in [-0.15, -0.1) is 0 Å². The van der Waals surface area contributed by atoms with Gasteiger partial charge in [-0.1, -0.05) is 31.0 Å². The molecule has 3 aliphatic rings. The van der Waals surface area contributed by atoms with Crippen molar-refractivity contribution in [3.05, 3.63) is 0 Å². The molecule has 1 spiro atoms. The fraction of sp³-hybridized carbons (Fsp3) is 0.933. The van der Waals surface area contributed by atoms with E-state index in [9.17, 15) is 23.1 Å². The summed E-state index contributed by atoms with van der Waals surface area (Å²) >= 11 is 0.378. The lowest BCUT2D eigenvalue weighted by molar-refractivity contribution is -0.295. The molecule has 3 rings (SSSR count). The number of hydrogen-bond donors (Lipinski definition) is 1. The summed E-state index contributed by atoms with van der Waals surface area (Å²) in [6.45, 7) is 1.50. The lowest BCUT2D eigenvalue weighted by Gasteiger charge is -2.53. The van der Waals surface area contributed by atoms with Crippen LogP contribution in [-0.4, -0.2) is 46.2 Å². The first-order valence-corrected chi connectivity index (χ1v) is 8.85. The van der Waals surface area contributed by atoms with Crippen LogP contribution in [0.3, 0.4) is 0 Å². The van der Waals surface area contributed by atoms with Crippen LogP contribution in [0.4, 0.5) is 13.2 Å². The Bertz CT molecular complexity index is 492. The van der Waals surface area contributed by atoms with Crippen molar-refractivity contribution in [2.24, 2.45) is 5.41 Å². The molecule has 2 bridgehead atoms. The standard InChI is InChI=1S/C15H21F3O4S/c1-2-21-11(19)10-13(20)8-14(23-10,15(16,17)18)22-9-12(13)6-4-3-5-7-12/h10,20H,2-9H2,1H3/t10-,13-,14-/m0/s1. The predicted molar refractivity (Wildman–Crippen MR) is 77.8 cm³/mol. The molecule has 1 saturated carbocycles. The van der Waals surface area contributed by atoms with Gasteiger partial charge >= 0.3 is 12.1 Å². The molecule has 0 aromatic carbocycles. The van der Waals surface area contributed by atoms with E-state index in [1.54, 1.807) is 6.92 Å². The van der Waals surface area contributed by atoms with Crippen molar-refractivity contribution in [3.8, 4) is 0 Å². The van der Waals surface area contributed by atoms with E-state index < -0.39 is 39.8 Å². The summed E-state index contributed by atoms with van der Waals surface area (Å²) in [5, 5.41) is 10.0. The number of ether oxygens (including phenoxy) is 2. The van der Waals surface area contributed by atoms with Crippen molar-refractivity contribution in [3.63, 3.8) is 0 Å². The number of carbonyl (C=O) groups excluding carboxylic acids is 1. The molecule has 0 aromatic heterocycles. The van der Waals surface area contributed by atoms with Gasteiger partial charge in [0.1, 0.15) is 5.25 Å². The minimum Gasteiger partial charge on any atom is -0.465 e. The van der Waals surface area contributed by atoms with Crippen LogP contribution in [-0.2, 0) is 14.3 Å². The molecule has 8 heteroatoms. The molecule has 4 nitrogen and oxygen atoms in total. The Morgan fingerprint density at radius 1 is 1.35 bits per heavy atom. The smallest absolute Gasteiger partial charge is 0.427 e. The Hall–Kier alpha value is -0.470. The fourth-order valence-corrected chi connectivity index (χ4v) is 5.86. The van der Waals surface area contributed by atoms with E-state index in [0.717, 1.165) is 19.3 Å². The second-order valence-corrected chi connectivity index (χ2v) is 8.10. The summed E-state index contributed by atoms with van der Waals surface area (Å²) in [4.78, 5) is 9.75. The molecule has 0 amide bonds. The van der Waals surface area contributed by atoms with Gasteiger partial charge in [-0.2, -0.15) is 13.2 Å². The quantitative estimate of drug-likeness (QED) is 0.773. The molecular weight excluding hydrogens is 333 g/mol. The fourth-order valence-electron chi connectivity index (χ4n) is 4.22. The molecule has 132 valence electrons. The summed E-state index contributed by atoms with van der Waals surface area (Å²) in [7, 11) is 0. The zero-order valence-electron chi connectivity index (χ0n) is 12.9. The van der Waals surface area contributed by atoms with Gasteiger partial charge in [-0.05, 0) is 19.8 Å². The molecule has 3 atom stereocenters. The van der Waals surface area contributed by atoms with Crippen LogP contribution in [0.2, 0.25) is 0 Å². The van der Waals surface area contributed by atoms with Crippen molar-refractivity contribution in [1.82, 2.24) is 0 Å². The number of thioether (sulfide) groups is 1. The predicted octanol–water partition coefficient (Wildman–Crippen LogP) is 3.03. The lowest BCUT2D eigenvalue weighted by atomic mass is 9.59. The first-order chi connectivity index (χ1) is 10.7. The topological polar surface area (TPSA) is 55.8 Å². The van der Waals surface area contributed by atoms with E-state index in [0.29, 0.717) is 24.6 Å². The van der Waals surface area contributed by atoms with E-state index in [2.05, 4.69) is 0 Å². The maximum Gasteiger partial charge on any atom is 0.427 e. The van der Waals surface area contributed by atoms with Gasteiger partial charge in [0.15, 0.2) is 0 Å². The monoisotopic (exact) mass is 354 g/mol.